The lowest BCUT2D eigenvalue weighted by Crippen LogP contribution is -2.36. The highest BCUT2D eigenvalue weighted by Crippen LogP contribution is 2.50. The van der Waals surface area contributed by atoms with E-state index in [1.165, 1.54) is 36.4 Å². The number of hydrogen-bond acceptors (Lipinski definition) is 0. The highest BCUT2D eigenvalue weighted by Gasteiger charge is 2.58. The predicted molar refractivity (Wildman–Crippen MR) is 73.3 cm³/mol. The molecule has 20 heavy (non-hydrogen) atoms. The molecule has 0 bridgehead atoms. The van der Waals surface area contributed by atoms with Gasteiger partial charge in [-0.15, -0.1) is 0 Å². The number of benzene rings is 2. The van der Waals surface area contributed by atoms with Crippen LogP contribution < -0.4 is 0 Å². The van der Waals surface area contributed by atoms with Crippen molar-refractivity contribution >= 4 is 15.9 Å². The van der Waals surface area contributed by atoms with Crippen LogP contribution in [0.15, 0.2) is 54.6 Å². The fraction of sp³-hybridized carbons (Fsp3) is 0.200. The van der Waals surface area contributed by atoms with Crippen LogP contribution in [0.1, 0.15) is 16.7 Å². The van der Waals surface area contributed by atoms with Crippen molar-refractivity contribution in [1.82, 2.24) is 0 Å². The second kappa shape index (κ2) is 5.56. The molecule has 0 aliphatic rings. The van der Waals surface area contributed by atoms with Crippen LogP contribution in [0.2, 0.25) is 0 Å². The third-order valence-corrected chi connectivity index (χ3v) is 3.63. The van der Waals surface area contributed by atoms with Crippen molar-refractivity contribution < 1.29 is 17.6 Å². The molecule has 0 nitrogen and oxygen atoms in total. The van der Waals surface area contributed by atoms with E-state index in [0.717, 1.165) is 18.2 Å². The Morgan fingerprint density at radius 2 is 1.30 bits per heavy atom. The van der Waals surface area contributed by atoms with Gasteiger partial charge in [-0.05, 0) is 5.56 Å². The number of halogens is 5. The van der Waals surface area contributed by atoms with Crippen LogP contribution >= 0.6 is 15.9 Å². The van der Waals surface area contributed by atoms with E-state index in [1.807, 2.05) is 0 Å². The highest BCUT2D eigenvalue weighted by molar-refractivity contribution is 9.08. The molecule has 0 aromatic heterocycles. The smallest absolute Gasteiger partial charge is 0.194 e. The molecule has 0 amide bonds. The van der Waals surface area contributed by atoms with Crippen molar-refractivity contribution in [1.29, 1.82) is 0 Å². The summed E-state index contributed by atoms with van der Waals surface area (Å²) in [5.41, 5.74) is -1.21. The van der Waals surface area contributed by atoms with Gasteiger partial charge in [-0.3, -0.25) is 0 Å². The molecule has 0 fully saturated rings. The van der Waals surface area contributed by atoms with Gasteiger partial charge in [0, 0.05) is 16.5 Å². The average Bonchev–Trinajstić information content (AvgIpc) is 2.47. The minimum atomic E-state index is -4.28. The lowest BCUT2D eigenvalue weighted by molar-refractivity contribution is -0.224. The molecule has 0 N–H and O–H groups in total. The predicted octanol–water partition coefficient (Wildman–Crippen LogP) is 5.47. The fourth-order valence-electron chi connectivity index (χ4n) is 1.94. The van der Waals surface area contributed by atoms with E-state index in [-0.39, 0.29) is 10.9 Å². The van der Waals surface area contributed by atoms with Crippen LogP contribution in [0.3, 0.4) is 0 Å². The molecule has 0 aliphatic heterocycles. The van der Waals surface area contributed by atoms with Crippen LogP contribution in [0, 0.1) is 0 Å². The Hall–Kier alpha value is -1.36. The lowest BCUT2D eigenvalue weighted by Gasteiger charge is -2.28. The zero-order valence-corrected chi connectivity index (χ0v) is 11.9. The van der Waals surface area contributed by atoms with E-state index in [0.29, 0.717) is 0 Å². The van der Waals surface area contributed by atoms with Gasteiger partial charge in [0.15, 0.2) is 0 Å². The molecule has 0 radical (unpaired) electrons. The molecule has 0 heterocycles. The van der Waals surface area contributed by atoms with Crippen LogP contribution in [-0.4, -0.2) is 0 Å². The first-order valence-corrected chi connectivity index (χ1v) is 6.99. The Labute approximate surface area is 122 Å². The van der Waals surface area contributed by atoms with Gasteiger partial charge in [0.25, 0.3) is 0 Å². The zero-order valence-electron chi connectivity index (χ0n) is 10.3. The fourth-order valence-corrected chi connectivity index (χ4v) is 2.43. The van der Waals surface area contributed by atoms with E-state index in [4.69, 9.17) is 0 Å². The van der Waals surface area contributed by atoms with Gasteiger partial charge in [0.2, 0.25) is 0 Å². The van der Waals surface area contributed by atoms with Gasteiger partial charge in [-0.2, -0.15) is 17.6 Å². The average molecular weight is 347 g/mol. The first kappa shape index (κ1) is 15.0. The summed E-state index contributed by atoms with van der Waals surface area (Å²) in [6.07, 6.45) is 0. The summed E-state index contributed by atoms with van der Waals surface area (Å²) >= 11 is 3.05. The minimum absolute atomic E-state index is 0.0869. The van der Waals surface area contributed by atoms with Gasteiger partial charge in [-0.25, -0.2) is 0 Å². The Morgan fingerprint density at radius 3 is 1.90 bits per heavy atom. The van der Waals surface area contributed by atoms with Gasteiger partial charge >= 0.3 is 11.8 Å². The largest absolute Gasteiger partial charge is 0.340 e. The monoisotopic (exact) mass is 346 g/mol. The van der Waals surface area contributed by atoms with Crippen molar-refractivity contribution in [2.45, 2.75) is 17.2 Å². The summed E-state index contributed by atoms with van der Waals surface area (Å²) in [6, 6.07) is 11.4. The van der Waals surface area contributed by atoms with Gasteiger partial charge in [0.05, 0.1) is 0 Å². The van der Waals surface area contributed by atoms with E-state index < -0.39 is 23.0 Å². The maximum atomic E-state index is 14.3. The molecule has 2 rings (SSSR count). The molecule has 2 aromatic rings. The van der Waals surface area contributed by atoms with Crippen LogP contribution in [0.4, 0.5) is 17.6 Å². The molecule has 2 aromatic carbocycles. The Bertz CT molecular complexity index is 581. The lowest BCUT2D eigenvalue weighted by atomic mass is 9.93. The van der Waals surface area contributed by atoms with E-state index in [2.05, 4.69) is 15.9 Å². The minimum Gasteiger partial charge on any atom is -0.194 e. The number of rotatable bonds is 4. The molecule has 0 aliphatic carbocycles. The van der Waals surface area contributed by atoms with Gasteiger partial charge in [-0.1, -0.05) is 70.5 Å². The molecule has 0 unspecified atom stereocenters. The summed E-state index contributed by atoms with van der Waals surface area (Å²) < 4.78 is 56.9. The van der Waals surface area contributed by atoms with Crippen LogP contribution in [-0.2, 0) is 17.2 Å². The van der Waals surface area contributed by atoms with Crippen molar-refractivity contribution in [3.05, 3.63) is 71.3 Å². The summed E-state index contributed by atoms with van der Waals surface area (Å²) in [6.45, 7) is 0. The first-order valence-electron chi connectivity index (χ1n) is 5.86. The molecular weight excluding hydrogens is 336 g/mol. The van der Waals surface area contributed by atoms with E-state index in [1.54, 1.807) is 0 Å². The Morgan fingerprint density at radius 1 is 0.750 bits per heavy atom. The third kappa shape index (κ3) is 2.46. The number of hydrogen-bond donors (Lipinski definition) is 0. The quantitative estimate of drug-likeness (QED) is 0.509. The third-order valence-electron chi connectivity index (χ3n) is 3.03. The zero-order chi connectivity index (χ0) is 14.8. The summed E-state index contributed by atoms with van der Waals surface area (Å²) in [4.78, 5) is 0. The maximum absolute atomic E-state index is 14.3. The van der Waals surface area contributed by atoms with Gasteiger partial charge < -0.3 is 0 Å². The Balaban J connectivity index is 2.54. The van der Waals surface area contributed by atoms with E-state index in [9.17, 15) is 17.6 Å². The normalized spacial score (nSPS) is 12.4. The molecule has 0 spiro atoms. The molecule has 0 atom stereocenters. The SMILES string of the molecule is FC(F)(c1ccccc1)C(F)(F)c1ccccc1CBr. The standard InChI is InChI=1S/C15H11BrF4/c16-10-11-6-4-5-9-13(11)15(19,20)14(17,18)12-7-2-1-3-8-12/h1-9H,10H2. The summed E-state index contributed by atoms with van der Waals surface area (Å²) in [5.74, 6) is -8.55. The van der Waals surface area contributed by atoms with E-state index >= 15 is 0 Å². The van der Waals surface area contributed by atoms with Crippen LogP contribution in [0.25, 0.3) is 0 Å². The van der Waals surface area contributed by atoms with Crippen molar-refractivity contribution in [3.8, 4) is 0 Å². The second-order valence-corrected chi connectivity index (χ2v) is 4.87. The molecular formula is C15H11BrF4. The van der Waals surface area contributed by atoms with Gasteiger partial charge in [0.1, 0.15) is 0 Å². The molecule has 5 heteroatoms. The topological polar surface area (TPSA) is 0 Å². The number of alkyl halides is 5. The second-order valence-electron chi connectivity index (χ2n) is 4.31. The van der Waals surface area contributed by atoms with Crippen molar-refractivity contribution in [2.75, 3.05) is 0 Å². The van der Waals surface area contributed by atoms with Crippen LogP contribution in [0.5, 0.6) is 0 Å². The molecule has 0 saturated carbocycles. The Kier molecular flexibility index (Phi) is 4.18. The first-order chi connectivity index (χ1) is 9.41. The highest BCUT2D eigenvalue weighted by atomic mass is 79.9. The van der Waals surface area contributed by atoms with Crippen molar-refractivity contribution in [3.63, 3.8) is 0 Å². The summed E-state index contributed by atoms with van der Waals surface area (Å²) in [5, 5.41) is 0.0869. The molecule has 0 saturated heterocycles. The maximum Gasteiger partial charge on any atom is 0.340 e. The molecule has 106 valence electrons. The van der Waals surface area contributed by atoms with Crippen molar-refractivity contribution in [2.24, 2.45) is 0 Å². The summed E-state index contributed by atoms with van der Waals surface area (Å²) in [7, 11) is 0.